The first-order valence-electron chi connectivity index (χ1n) is 6.34. The van der Waals surface area contributed by atoms with E-state index in [1.54, 1.807) is 6.92 Å². The van der Waals surface area contributed by atoms with E-state index < -0.39 is 0 Å². The molecule has 0 aromatic carbocycles. The Morgan fingerprint density at radius 3 is 1.82 bits per heavy atom. The van der Waals surface area contributed by atoms with Crippen molar-refractivity contribution in [3.05, 3.63) is 0 Å². The molecule has 0 fully saturated rings. The first kappa shape index (κ1) is 21.6. The molecule has 0 saturated heterocycles. The van der Waals surface area contributed by atoms with E-state index in [9.17, 15) is 9.59 Å². The maximum atomic E-state index is 10.5. The first-order chi connectivity index (χ1) is 7.40. The lowest BCUT2D eigenvalue weighted by atomic mass is 10.0. The molecule has 0 amide bonds. The predicted molar refractivity (Wildman–Crippen MR) is 76.2 cm³/mol. The van der Waals surface area contributed by atoms with E-state index in [0.717, 1.165) is 25.0 Å². The SMILES string of the molecule is C.CC(=O)CCCCCC(C)C.CC(C)C=O. The Labute approximate surface area is 108 Å². The Bertz CT molecular complexity index is 172. The molecule has 0 N–H and O–H groups in total. The minimum atomic E-state index is 0. The molecule has 0 aromatic heterocycles. The molecule has 0 bridgehead atoms. The van der Waals surface area contributed by atoms with E-state index in [-0.39, 0.29) is 13.3 Å². The van der Waals surface area contributed by atoms with Gasteiger partial charge in [-0.2, -0.15) is 0 Å². The van der Waals surface area contributed by atoms with E-state index in [4.69, 9.17) is 0 Å². The van der Waals surface area contributed by atoms with Crippen LogP contribution in [0.5, 0.6) is 0 Å². The molecular formula is C15H32O2. The van der Waals surface area contributed by atoms with Gasteiger partial charge in [0.25, 0.3) is 0 Å². The normalized spacial score (nSPS) is 9.35. The van der Waals surface area contributed by atoms with Crippen molar-refractivity contribution in [2.24, 2.45) is 11.8 Å². The third-order valence-corrected chi connectivity index (χ3v) is 2.08. The number of ketones is 1. The second-order valence-electron chi connectivity index (χ2n) is 5.08. The van der Waals surface area contributed by atoms with Crippen LogP contribution in [0.15, 0.2) is 0 Å². The van der Waals surface area contributed by atoms with Crippen LogP contribution in [0.4, 0.5) is 0 Å². The van der Waals surface area contributed by atoms with E-state index in [1.807, 2.05) is 13.8 Å². The lowest BCUT2D eigenvalue weighted by molar-refractivity contribution is -0.117. The standard InChI is InChI=1S/C10H20O.C4H8O.CH4/c1-9(2)7-5-4-6-8-10(3)11;1-4(2)3-5;/h9H,4-8H2,1-3H3;3-4H,1-2H3;1H4. The molecule has 0 radical (unpaired) electrons. The van der Waals surface area contributed by atoms with Gasteiger partial charge in [0.1, 0.15) is 12.1 Å². The van der Waals surface area contributed by atoms with Crippen LogP contribution in [0, 0.1) is 11.8 Å². The van der Waals surface area contributed by atoms with Gasteiger partial charge in [-0.25, -0.2) is 0 Å². The van der Waals surface area contributed by atoms with Crippen molar-refractivity contribution >= 4 is 12.1 Å². The Morgan fingerprint density at radius 2 is 1.53 bits per heavy atom. The van der Waals surface area contributed by atoms with E-state index in [2.05, 4.69) is 13.8 Å². The number of rotatable bonds is 7. The molecule has 104 valence electrons. The van der Waals surface area contributed by atoms with Gasteiger partial charge in [-0.15, -0.1) is 0 Å². The fourth-order valence-corrected chi connectivity index (χ4v) is 1.10. The second-order valence-corrected chi connectivity index (χ2v) is 5.08. The number of hydrogen-bond acceptors (Lipinski definition) is 2. The third kappa shape index (κ3) is 31.3. The third-order valence-electron chi connectivity index (χ3n) is 2.08. The summed E-state index contributed by atoms with van der Waals surface area (Å²) in [6.07, 6.45) is 6.58. The van der Waals surface area contributed by atoms with Crippen LogP contribution in [0.25, 0.3) is 0 Å². The van der Waals surface area contributed by atoms with Crippen molar-refractivity contribution in [3.8, 4) is 0 Å². The average Bonchev–Trinajstić information content (AvgIpc) is 2.17. The number of hydrogen-bond donors (Lipinski definition) is 0. The van der Waals surface area contributed by atoms with Gasteiger partial charge in [0.05, 0.1) is 0 Å². The molecular weight excluding hydrogens is 212 g/mol. The van der Waals surface area contributed by atoms with Gasteiger partial charge in [-0.3, -0.25) is 0 Å². The van der Waals surface area contributed by atoms with Crippen LogP contribution in [0.2, 0.25) is 0 Å². The predicted octanol–water partition coefficient (Wildman–Crippen LogP) is 4.66. The molecule has 17 heavy (non-hydrogen) atoms. The fraction of sp³-hybridized carbons (Fsp3) is 0.867. The minimum absolute atomic E-state index is 0. The largest absolute Gasteiger partial charge is 0.303 e. The smallest absolute Gasteiger partial charge is 0.129 e. The van der Waals surface area contributed by atoms with Gasteiger partial charge in [0, 0.05) is 12.3 Å². The summed E-state index contributed by atoms with van der Waals surface area (Å²) in [6, 6.07) is 0. The summed E-state index contributed by atoms with van der Waals surface area (Å²) in [6.45, 7) is 9.86. The van der Waals surface area contributed by atoms with Crippen LogP contribution in [0.1, 0.15) is 74.1 Å². The molecule has 0 aliphatic carbocycles. The molecule has 0 atom stereocenters. The van der Waals surface area contributed by atoms with Crippen molar-refractivity contribution in [2.75, 3.05) is 0 Å². The number of Topliss-reactive ketones (excluding diaryl/α,β-unsaturated/α-hetero) is 1. The van der Waals surface area contributed by atoms with Crippen molar-refractivity contribution < 1.29 is 9.59 Å². The van der Waals surface area contributed by atoms with Crippen molar-refractivity contribution in [2.45, 2.75) is 74.1 Å². The lowest BCUT2D eigenvalue weighted by Crippen LogP contribution is -1.91. The summed E-state index contributed by atoms with van der Waals surface area (Å²) in [7, 11) is 0. The summed E-state index contributed by atoms with van der Waals surface area (Å²) in [5.74, 6) is 1.34. The highest BCUT2D eigenvalue weighted by molar-refractivity contribution is 5.75. The molecule has 0 aromatic rings. The molecule has 0 aliphatic rings. The highest BCUT2D eigenvalue weighted by atomic mass is 16.1. The Hall–Kier alpha value is -0.660. The summed E-state index contributed by atoms with van der Waals surface area (Å²) < 4.78 is 0. The van der Waals surface area contributed by atoms with Gasteiger partial charge >= 0.3 is 0 Å². The molecule has 0 heterocycles. The van der Waals surface area contributed by atoms with Crippen LogP contribution in [-0.2, 0) is 9.59 Å². The van der Waals surface area contributed by atoms with Crippen LogP contribution in [0.3, 0.4) is 0 Å². The van der Waals surface area contributed by atoms with Crippen LogP contribution >= 0.6 is 0 Å². The molecule has 0 saturated carbocycles. The zero-order chi connectivity index (χ0) is 13.0. The summed E-state index contributed by atoms with van der Waals surface area (Å²) in [5.41, 5.74) is 0. The summed E-state index contributed by atoms with van der Waals surface area (Å²) in [4.78, 5) is 20.0. The summed E-state index contributed by atoms with van der Waals surface area (Å²) in [5, 5.41) is 0. The maximum Gasteiger partial charge on any atom is 0.129 e. The van der Waals surface area contributed by atoms with Crippen molar-refractivity contribution in [1.82, 2.24) is 0 Å². The first-order valence-corrected chi connectivity index (χ1v) is 6.34. The number of carbonyl (C=O) groups is 2. The topological polar surface area (TPSA) is 34.1 Å². The van der Waals surface area contributed by atoms with E-state index in [0.29, 0.717) is 5.78 Å². The molecule has 0 unspecified atom stereocenters. The second kappa shape index (κ2) is 15.3. The highest BCUT2D eigenvalue weighted by Crippen LogP contribution is 2.09. The van der Waals surface area contributed by atoms with Crippen molar-refractivity contribution in [3.63, 3.8) is 0 Å². The average molecular weight is 244 g/mol. The zero-order valence-corrected chi connectivity index (χ0v) is 11.6. The number of aldehydes is 1. The molecule has 0 rings (SSSR count). The highest BCUT2D eigenvalue weighted by Gasteiger charge is 1.95. The van der Waals surface area contributed by atoms with Crippen LogP contribution in [-0.4, -0.2) is 12.1 Å². The maximum absolute atomic E-state index is 10.5. The fourth-order valence-electron chi connectivity index (χ4n) is 1.10. The van der Waals surface area contributed by atoms with E-state index >= 15 is 0 Å². The Morgan fingerprint density at radius 1 is 1.06 bits per heavy atom. The van der Waals surface area contributed by atoms with Crippen LogP contribution < -0.4 is 0 Å². The van der Waals surface area contributed by atoms with Gasteiger partial charge < -0.3 is 9.59 Å². The number of unbranched alkanes of at least 4 members (excludes halogenated alkanes) is 2. The van der Waals surface area contributed by atoms with E-state index in [1.165, 1.54) is 19.3 Å². The van der Waals surface area contributed by atoms with Gasteiger partial charge in [0.15, 0.2) is 0 Å². The summed E-state index contributed by atoms with van der Waals surface area (Å²) >= 11 is 0. The number of carbonyl (C=O) groups excluding carboxylic acids is 2. The van der Waals surface area contributed by atoms with Gasteiger partial charge in [-0.05, 0) is 19.3 Å². The van der Waals surface area contributed by atoms with Crippen molar-refractivity contribution in [1.29, 1.82) is 0 Å². The molecule has 0 spiro atoms. The van der Waals surface area contributed by atoms with Gasteiger partial charge in [-0.1, -0.05) is 54.4 Å². The Balaban J connectivity index is -0.000000280. The Kier molecular flexibility index (Phi) is 19.5. The quantitative estimate of drug-likeness (QED) is 0.482. The zero-order valence-electron chi connectivity index (χ0n) is 11.6. The molecule has 2 nitrogen and oxygen atoms in total. The monoisotopic (exact) mass is 244 g/mol. The molecule has 2 heteroatoms. The lowest BCUT2D eigenvalue weighted by Gasteiger charge is -2.02. The minimum Gasteiger partial charge on any atom is -0.303 e. The molecule has 0 aliphatic heterocycles. The van der Waals surface area contributed by atoms with Gasteiger partial charge in [0.2, 0.25) is 0 Å².